The van der Waals surface area contributed by atoms with Crippen molar-refractivity contribution in [3.8, 4) is 0 Å². The van der Waals surface area contributed by atoms with Gasteiger partial charge in [0, 0.05) is 10.7 Å². The number of nitrogens with zero attached hydrogens (tertiary/aromatic N) is 3. The van der Waals surface area contributed by atoms with Crippen molar-refractivity contribution in [3.63, 3.8) is 0 Å². The van der Waals surface area contributed by atoms with Gasteiger partial charge in [-0.3, -0.25) is 19.6 Å². The average Bonchev–Trinajstić information content (AvgIpc) is 2.91. The first-order chi connectivity index (χ1) is 9.88. The van der Waals surface area contributed by atoms with Gasteiger partial charge in [-0.25, -0.2) is 0 Å². The van der Waals surface area contributed by atoms with Crippen LogP contribution in [0.3, 0.4) is 0 Å². The lowest BCUT2D eigenvalue weighted by Crippen LogP contribution is -2.24. The molecule has 1 atom stereocenters. The number of aromatic nitrogens is 2. The number of hydrogen-bond acceptors (Lipinski definition) is 4. The zero-order valence-corrected chi connectivity index (χ0v) is 12.2. The third kappa shape index (κ3) is 3.38. The average molecular weight is 309 g/mol. The summed E-state index contributed by atoms with van der Waals surface area (Å²) in [6.07, 6.45) is 2.32. The van der Waals surface area contributed by atoms with E-state index in [-0.39, 0.29) is 11.6 Å². The van der Waals surface area contributed by atoms with E-state index < -0.39 is 11.0 Å². The van der Waals surface area contributed by atoms with Crippen LogP contribution in [0.2, 0.25) is 5.02 Å². The largest absolute Gasteiger partial charge is 0.324 e. The van der Waals surface area contributed by atoms with Crippen molar-refractivity contribution in [3.05, 3.63) is 51.3 Å². The minimum Gasteiger partial charge on any atom is -0.324 e. The highest BCUT2D eigenvalue weighted by molar-refractivity contribution is 6.31. The maximum atomic E-state index is 12.2. The van der Waals surface area contributed by atoms with E-state index in [2.05, 4.69) is 10.4 Å². The van der Waals surface area contributed by atoms with Crippen molar-refractivity contribution in [2.75, 3.05) is 5.32 Å². The lowest BCUT2D eigenvalue weighted by atomic mass is 10.2. The molecule has 110 valence electrons. The Kier molecular flexibility index (Phi) is 4.23. The number of anilines is 1. The second kappa shape index (κ2) is 5.92. The van der Waals surface area contributed by atoms with Gasteiger partial charge in [0.2, 0.25) is 5.91 Å². The van der Waals surface area contributed by atoms with Crippen LogP contribution in [0, 0.1) is 17.0 Å². The molecule has 2 rings (SSSR count). The molecule has 1 aromatic heterocycles. The predicted octanol–water partition coefficient (Wildman–Crippen LogP) is 2.95. The van der Waals surface area contributed by atoms with Crippen LogP contribution in [-0.4, -0.2) is 20.6 Å². The van der Waals surface area contributed by atoms with Crippen LogP contribution >= 0.6 is 11.6 Å². The normalized spacial score (nSPS) is 12.0. The second-order valence-electron chi connectivity index (χ2n) is 4.56. The van der Waals surface area contributed by atoms with Gasteiger partial charge in [-0.1, -0.05) is 17.7 Å². The fourth-order valence-electron chi connectivity index (χ4n) is 1.72. The Morgan fingerprint density at radius 2 is 2.24 bits per heavy atom. The van der Waals surface area contributed by atoms with E-state index in [4.69, 9.17) is 11.6 Å². The van der Waals surface area contributed by atoms with Crippen LogP contribution in [0.25, 0.3) is 0 Å². The molecule has 1 aromatic carbocycles. The van der Waals surface area contributed by atoms with Crippen LogP contribution in [0.4, 0.5) is 11.4 Å². The van der Waals surface area contributed by atoms with Gasteiger partial charge in [-0.05, 0) is 31.5 Å². The second-order valence-corrected chi connectivity index (χ2v) is 5.00. The van der Waals surface area contributed by atoms with Gasteiger partial charge < -0.3 is 5.32 Å². The number of carbonyl (C=O) groups excluding carboxylic acids is 1. The molecule has 0 radical (unpaired) electrons. The summed E-state index contributed by atoms with van der Waals surface area (Å²) in [7, 11) is 0. The first-order valence-electron chi connectivity index (χ1n) is 6.14. The summed E-state index contributed by atoms with van der Waals surface area (Å²) in [4.78, 5) is 22.2. The standard InChI is InChI=1S/C13H13ClN4O3/c1-8-3-4-10(14)5-12(8)16-13(19)9(2)17-7-11(6-15-17)18(20)21/h3-7,9H,1-2H3,(H,16,19). The number of halogens is 1. The number of aryl methyl sites for hydroxylation is 1. The molecule has 0 saturated heterocycles. The van der Waals surface area contributed by atoms with E-state index in [1.54, 1.807) is 25.1 Å². The van der Waals surface area contributed by atoms with Crippen LogP contribution in [-0.2, 0) is 4.79 Å². The molecule has 1 amide bonds. The van der Waals surface area contributed by atoms with Crippen molar-refractivity contribution in [2.45, 2.75) is 19.9 Å². The number of benzene rings is 1. The Morgan fingerprint density at radius 3 is 2.86 bits per heavy atom. The minimum absolute atomic E-state index is 0.159. The molecule has 8 heteroatoms. The highest BCUT2D eigenvalue weighted by Gasteiger charge is 2.19. The smallest absolute Gasteiger partial charge is 0.307 e. The lowest BCUT2D eigenvalue weighted by molar-refractivity contribution is -0.385. The Bertz CT molecular complexity index is 698. The molecule has 0 saturated carbocycles. The van der Waals surface area contributed by atoms with Crippen LogP contribution in [0.1, 0.15) is 18.5 Å². The first kappa shape index (κ1) is 15.0. The quantitative estimate of drug-likeness (QED) is 0.694. The van der Waals surface area contributed by atoms with Gasteiger partial charge in [0.25, 0.3) is 0 Å². The summed E-state index contributed by atoms with van der Waals surface area (Å²) in [5, 5.41) is 17.7. The Balaban J connectivity index is 2.15. The monoisotopic (exact) mass is 308 g/mol. The zero-order chi connectivity index (χ0) is 15.6. The number of hydrogen-bond donors (Lipinski definition) is 1. The minimum atomic E-state index is -0.683. The molecular weight excluding hydrogens is 296 g/mol. The van der Waals surface area contributed by atoms with E-state index in [9.17, 15) is 14.9 Å². The van der Waals surface area contributed by atoms with Crippen molar-refractivity contribution in [2.24, 2.45) is 0 Å². The molecule has 1 unspecified atom stereocenters. The molecule has 0 spiro atoms. The topological polar surface area (TPSA) is 90.1 Å². The maximum Gasteiger partial charge on any atom is 0.307 e. The SMILES string of the molecule is Cc1ccc(Cl)cc1NC(=O)C(C)n1cc([N+](=O)[O-])cn1. The number of nitrogens with one attached hydrogen (secondary N) is 1. The molecule has 0 aliphatic heterocycles. The lowest BCUT2D eigenvalue weighted by Gasteiger charge is -2.14. The number of rotatable bonds is 4. The Labute approximate surface area is 125 Å². The fraction of sp³-hybridized carbons (Fsp3) is 0.231. The first-order valence-corrected chi connectivity index (χ1v) is 6.52. The summed E-state index contributed by atoms with van der Waals surface area (Å²) >= 11 is 5.89. The molecule has 1 heterocycles. The van der Waals surface area contributed by atoms with Crippen molar-refractivity contribution < 1.29 is 9.72 Å². The van der Waals surface area contributed by atoms with E-state index >= 15 is 0 Å². The molecule has 0 bridgehead atoms. The van der Waals surface area contributed by atoms with Gasteiger partial charge in [-0.2, -0.15) is 5.10 Å². The summed E-state index contributed by atoms with van der Waals surface area (Å²) in [5.74, 6) is -0.335. The Morgan fingerprint density at radius 1 is 1.52 bits per heavy atom. The molecule has 1 N–H and O–H groups in total. The van der Waals surface area contributed by atoms with Crippen LogP contribution in [0.5, 0.6) is 0 Å². The van der Waals surface area contributed by atoms with Crippen LogP contribution < -0.4 is 5.32 Å². The van der Waals surface area contributed by atoms with Crippen molar-refractivity contribution >= 4 is 28.9 Å². The molecular formula is C13H13ClN4O3. The third-order valence-electron chi connectivity index (χ3n) is 3.03. The molecule has 0 aliphatic rings. The highest BCUT2D eigenvalue weighted by atomic mass is 35.5. The zero-order valence-electron chi connectivity index (χ0n) is 11.4. The van der Waals surface area contributed by atoms with Gasteiger partial charge in [0.05, 0.1) is 4.92 Å². The van der Waals surface area contributed by atoms with Gasteiger partial charge in [-0.15, -0.1) is 0 Å². The predicted molar refractivity (Wildman–Crippen MR) is 78.4 cm³/mol. The third-order valence-corrected chi connectivity index (χ3v) is 3.27. The maximum absolute atomic E-state index is 12.2. The number of amides is 1. The molecule has 0 fully saturated rings. The van der Waals surface area contributed by atoms with E-state index in [0.717, 1.165) is 11.8 Å². The van der Waals surface area contributed by atoms with Gasteiger partial charge >= 0.3 is 5.69 Å². The van der Waals surface area contributed by atoms with E-state index in [1.165, 1.54) is 10.9 Å². The molecule has 2 aromatic rings. The number of nitro groups is 1. The molecule has 21 heavy (non-hydrogen) atoms. The highest BCUT2D eigenvalue weighted by Crippen LogP contribution is 2.21. The van der Waals surface area contributed by atoms with Crippen LogP contribution in [0.15, 0.2) is 30.6 Å². The fourth-order valence-corrected chi connectivity index (χ4v) is 1.89. The summed E-state index contributed by atoms with van der Waals surface area (Å²) < 4.78 is 1.24. The summed E-state index contributed by atoms with van der Waals surface area (Å²) in [6.45, 7) is 3.45. The summed E-state index contributed by atoms with van der Waals surface area (Å²) in [6, 6.07) is 4.48. The van der Waals surface area contributed by atoms with E-state index in [1.807, 2.05) is 6.92 Å². The van der Waals surface area contributed by atoms with E-state index in [0.29, 0.717) is 10.7 Å². The van der Waals surface area contributed by atoms with Gasteiger partial charge in [0.1, 0.15) is 18.4 Å². The Hall–Kier alpha value is -2.41. The van der Waals surface area contributed by atoms with Crippen molar-refractivity contribution in [1.82, 2.24) is 9.78 Å². The summed E-state index contributed by atoms with van der Waals surface area (Å²) in [5.41, 5.74) is 1.31. The molecule has 7 nitrogen and oxygen atoms in total. The van der Waals surface area contributed by atoms with Crippen molar-refractivity contribution in [1.29, 1.82) is 0 Å². The number of carbonyl (C=O) groups is 1. The molecule has 0 aliphatic carbocycles. The van der Waals surface area contributed by atoms with Gasteiger partial charge in [0.15, 0.2) is 0 Å².